The molecule has 1 aliphatic heterocycles. The SMILES string of the molecule is CC(C)CC1CCC(CCCCN2CCC(C(C)C)CC2)CC1. The second kappa shape index (κ2) is 10.1. The van der Waals surface area contributed by atoms with Gasteiger partial charge in [0.05, 0.1) is 0 Å². The predicted octanol–water partition coefficient (Wildman–Crippen LogP) is 6.38. The molecule has 136 valence electrons. The molecule has 0 aromatic rings. The smallest absolute Gasteiger partial charge is 0.00160 e. The van der Waals surface area contributed by atoms with Crippen molar-refractivity contribution in [2.75, 3.05) is 19.6 Å². The van der Waals surface area contributed by atoms with Gasteiger partial charge in [0.1, 0.15) is 0 Å². The molecule has 0 aromatic carbocycles. The van der Waals surface area contributed by atoms with Crippen LogP contribution in [0.4, 0.5) is 0 Å². The molecule has 0 aromatic heterocycles. The first-order valence-corrected chi connectivity index (χ1v) is 10.8. The van der Waals surface area contributed by atoms with Crippen LogP contribution in [0.3, 0.4) is 0 Å². The summed E-state index contributed by atoms with van der Waals surface area (Å²) in [5, 5.41) is 0. The van der Waals surface area contributed by atoms with Crippen molar-refractivity contribution >= 4 is 0 Å². The molecule has 0 bridgehead atoms. The zero-order valence-electron chi connectivity index (χ0n) is 16.5. The van der Waals surface area contributed by atoms with Gasteiger partial charge in [-0.2, -0.15) is 0 Å². The Morgan fingerprint density at radius 2 is 1.39 bits per heavy atom. The van der Waals surface area contributed by atoms with Crippen molar-refractivity contribution in [3.63, 3.8) is 0 Å². The monoisotopic (exact) mass is 321 g/mol. The van der Waals surface area contributed by atoms with Gasteiger partial charge >= 0.3 is 0 Å². The molecule has 1 heterocycles. The lowest BCUT2D eigenvalue weighted by molar-refractivity contribution is 0.154. The van der Waals surface area contributed by atoms with Crippen LogP contribution in [0.25, 0.3) is 0 Å². The lowest BCUT2D eigenvalue weighted by atomic mass is 9.77. The normalized spacial score (nSPS) is 27.9. The summed E-state index contributed by atoms with van der Waals surface area (Å²) >= 11 is 0. The molecule has 1 heteroatoms. The summed E-state index contributed by atoms with van der Waals surface area (Å²) in [6.45, 7) is 13.7. The number of likely N-dealkylation sites (tertiary alicyclic amines) is 1. The highest BCUT2D eigenvalue weighted by Gasteiger charge is 2.22. The van der Waals surface area contributed by atoms with Gasteiger partial charge < -0.3 is 4.90 Å². The summed E-state index contributed by atoms with van der Waals surface area (Å²) in [6, 6.07) is 0. The predicted molar refractivity (Wildman–Crippen MR) is 103 cm³/mol. The molecule has 1 saturated heterocycles. The van der Waals surface area contributed by atoms with Crippen LogP contribution in [-0.2, 0) is 0 Å². The van der Waals surface area contributed by atoms with Gasteiger partial charge in [0.15, 0.2) is 0 Å². The summed E-state index contributed by atoms with van der Waals surface area (Å²) in [5.41, 5.74) is 0. The highest BCUT2D eigenvalue weighted by molar-refractivity contribution is 4.76. The molecule has 1 nitrogen and oxygen atoms in total. The molecule has 0 radical (unpaired) electrons. The van der Waals surface area contributed by atoms with E-state index >= 15 is 0 Å². The number of unbranched alkanes of at least 4 members (excludes halogenated alkanes) is 1. The third-order valence-electron chi connectivity index (χ3n) is 6.68. The second-order valence-electron chi connectivity index (χ2n) is 9.44. The minimum absolute atomic E-state index is 0.892. The highest BCUT2D eigenvalue weighted by atomic mass is 15.1. The summed E-state index contributed by atoms with van der Waals surface area (Å²) in [4.78, 5) is 2.73. The van der Waals surface area contributed by atoms with Crippen molar-refractivity contribution < 1.29 is 0 Å². The average molecular weight is 322 g/mol. The number of hydrogen-bond acceptors (Lipinski definition) is 1. The molecule has 23 heavy (non-hydrogen) atoms. The van der Waals surface area contributed by atoms with Crippen LogP contribution >= 0.6 is 0 Å². The number of hydrogen-bond donors (Lipinski definition) is 0. The van der Waals surface area contributed by atoms with E-state index in [0.29, 0.717) is 0 Å². The molecular formula is C22H43N. The molecule has 2 aliphatic rings. The molecule has 0 N–H and O–H groups in total. The Labute approximate surface area is 146 Å². The van der Waals surface area contributed by atoms with Crippen molar-refractivity contribution in [2.45, 2.75) is 91.9 Å². The highest BCUT2D eigenvalue weighted by Crippen LogP contribution is 2.35. The van der Waals surface area contributed by atoms with Crippen LogP contribution in [-0.4, -0.2) is 24.5 Å². The molecule has 0 unspecified atom stereocenters. The Hall–Kier alpha value is -0.0400. The average Bonchev–Trinajstić information content (AvgIpc) is 2.53. The van der Waals surface area contributed by atoms with E-state index in [2.05, 4.69) is 32.6 Å². The molecule has 2 fully saturated rings. The summed E-state index contributed by atoms with van der Waals surface area (Å²) in [5.74, 6) is 4.89. The third-order valence-corrected chi connectivity index (χ3v) is 6.68. The van der Waals surface area contributed by atoms with Crippen molar-refractivity contribution in [3.05, 3.63) is 0 Å². The fourth-order valence-electron chi connectivity index (χ4n) is 5.03. The Kier molecular flexibility index (Phi) is 8.44. The summed E-state index contributed by atoms with van der Waals surface area (Å²) in [6.07, 6.45) is 14.9. The van der Waals surface area contributed by atoms with Gasteiger partial charge in [0.2, 0.25) is 0 Å². The van der Waals surface area contributed by atoms with Gasteiger partial charge in [-0.1, -0.05) is 66.2 Å². The number of rotatable bonds is 8. The van der Waals surface area contributed by atoms with Gasteiger partial charge in [0, 0.05) is 0 Å². The molecule has 0 atom stereocenters. The van der Waals surface area contributed by atoms with Gasteiger partial charge in [0.25, 0.3) is 0 Å². The minimum atomic E-state index is 0.892. The fourth-order valence-corrected chi connectivity index (χ4v) is 5.03. The Bertz CT molecular complexity index is 293. The first-order valence-electron chi connectivity index (χ1n) is 10.8. The Morgan fingerprint density at radius 1 is 0.783 bits per heavy atom. The van der Waals surface area contributed by atoms with Crippen molar-refractivity contribution in [3.8, 4) is 0 Å². The van der Waals surface area contributed by atoms with Crippen LogP contribution in [0.5, 0.6) is 0 Å². The van der Waals surface area contributed by atoms with Crippen molar-refractivity contribution in [1.82, 2.24) is 4.90 Å². The van der Waals surface area contributed by atoms with Gasteiger partial charge in [-0.25, -0.2) is 0 Å². The van der Waals surface area contributed by atoms with E-state index in [-0.39, 0.29) is 0 Å². The van der Waals surface area contributed by atoms with Crippen molar-refractivity contribution in [1.29, 1.82) is 0 Å². The summed E-state index contributed by atoms with van der Waals surface area (Å²) in [7, 11) is 0. The van der Waals surface area contributed by atoms with Crippen molar-refractivity contribution in [2.24, 2.45) is 29.6 Å². The van der Waals surface area contributed by atoms with Crippen LogP contribution in [0.15, 0.2) is 0 Å². The van der Waals surface area contributed by atoms with E-state index in [1.807, 2.05) is 0 Å². The lowest BCUT2D eigenvalue weighted by Crippen LogP contribution is -2.35. The molecule has 0 spiro atoms. The van der Waals surface area contributed by atoms with E-state index < -0.39 is 0 Å². The van der Waals surface area contributed by atoms with E-state index in [9.17, 15) is 0 Å². The van der Waals surface area contributed by atoms with Gasteiger partial charge in [-0.3, -0.25) is 0 Å². The third kappa shape index (κ3) is 7.16. The molecule has 1 aliphatic carbocycles. The van der Waals surface area contributed by atoms with Crippen LogP contribution < -0.4 is 0 Å². The van der Waals surface area contributed by atoms with Gasteiger partial charge in [-0.15, -0.1) is 0 Å². The first kappa shape index (κ1) is 19.3. The van der Waals surface area contributed by atoms with E-state index in [0.717, 1.165) is 29.6 Å². The standard InChI is InChI=1S/C22H43N/c1-18(2)17-21-10-8-20(9-11-21)7-5-6-14-23-15-12-22(13-16-23)19(3)4/h18-22H,5-17H2,1-4H3. The maximum atomic E-state index is 2.73. The molecule has 1 saturated carbocycles. The Morgan fingerprint density at radius 3 is 1.96 bits per heavy atom. The quantitative estimate of drug-likeness (QED) is 0.469. The molecular weight excluding hydrogens is 278 g/mol. The Balaban J connectivity index is 1.49. The van der Waals surface area contributed by atoms with E-state index in [1.165, 1.54) is 83.8 Å². The molecule has 2 rings (SSSR count). The first-order chi connectivity index (χ1) is 11.0. The number of nitrogens with zero attached hydrogens (tertiary/aromatic N) is 1. The minimum Gasteiger partial charge on any atom is -0.303 e. The molecule has 0 amide bonds. The fraction of sp³-hybridized carbons (Fsp3) is 1.00. The topological polar surface area (TPSA) is 3.24 Å². The maximum Gasteiger partial charge on any atom is -0.00160 e. The second-order valence-corrected chi connectivity index (χ2v) is 9.44. The number of piperidine rings is 1. The largest absolute Gasteiger partial charge is 0.303 e. The zero-order chi connectivity index (χ0) is 16.7. The van der Waals surface area contributed by atoms with Gasteiger partial charge in [-0.05, 0) is 74.9 Å². The van der Waals surface area contributed by atoms with Crippen LogP contribution in [0, 0.1) is 29.6 Å². The van der Waals surface area contributed by atoms with E-state index in [4.69, 9.17) is 0 Å². The van der Waals surface area contributed by atoms with Crippen LogP contribution in [0.2, 0.25) is 0 Å². The van der Waals surface area contributed by atoms with E-state index in [1.54, 1.807) is 0 Å². The maximum absolute atomic E-state index is 2.73. The zero-order valence-corrected chi connectivity index (χ0v) is 16.5. The summed E-state index contributed by atoms with van der Waals surface area (Å²) < 4.78 is 0. The lowest BCUT2D eigenvalue weighted by Gasteiger charge is -2.34. The van der Waals surface area contributed by atoms with Crippen LogP contribution in [0.1, 0.15) is 91.9 Å².